The fourth-order valence-corrected chi connectivity index (χ4v) is 4.67. The molecule has 2 aromatic carbocycles. The molecule has 1 saturated heterocycles. The number of hydrogen-bond acceptors (Lipinski definition) is 4. The van der Waals surface area contributed by atoms with E-state index in [0.29, 0.717) is 35.4 Å². The molecule has 5 rings (SSSR count). The number of aromatic amines is 1. The van der Waals surface area contributed by atoms with Gasteiger partial charge in [-0.1, -0.05) is 42.5 Å². The highest BCUT2D eigenvalue weighted by Crippen LogP contribution is 2.38. The van der Waals surface area contributed by atoms with Crippen LogP contribution in [0.3, 0.4) is 0 Å². The molecule has 1 fully saturated rings. The first kappa shape index (κ1) is 24.1. The maximum absolute atomic E-state index is 13.5. The minimum absolute atomic E-state index is 0.315. The lowest BCUT2D eigenvalue weighted by molar-refractivity contribution is -0.137. The number of nitrogens with one attached hydrogen (secondary N) is 3. The number of H-pyrrole nitrogens is 1. The highest BCUT2D eigenvalue weighted by atomic mass is 19.4. The van der Waals surface area contributed by atoms with Crippen LogP contribution in [-0.4, -0.2) is 34.6 Å². The Morgan fingerprint density at radius 1 is 0.944 bits per heavy atom. The summed E-state index contributed by atoms with van der Waals surface area (Å²) in [5.74, 6) is 0.804. The Hall–Kier alpha value is -3.65. The van der Waals surface area contributed by atoms with E-state index >= 15 is 0 Å². The van der Waals surface area contributed by atoms with E-state index in [9.17, 15) is 13.2 Å². The van der Waals surface area contributed by atoms with Crippen molar-refractivity contribution in [3.8, 4) is 22.5 Å². The van der Waals surface area contributed by atoms with E-state index in [2.05, 4.69) is 32.7 Å². The zero-order chi connectivity index (χ0) is 25.0. The number of halogens is 3. The molecule has 3 N–H and O–H groups in total. The van der Waals surface area contributed by atoms with Crippen LogP contribution in [0.1, 0.15) is 35.6 Å². The maximum atomic E-state index is 13.5. The van der Waals surface area contributed by atoms with Crippen LogP contribution < -0.4 is 10.6 Å². The summed E-state index contributed by atoms with van der Waals surface area (Å²) in [6.07, 6.45) is 0.0374. The van der Waals surface area contributed by atoms with E-state index in [1.807, 2.05) is 24.3 Å². The van der Waals surface area contributed by atoms with Crippen LogP contribution in [0.25, 0.3) is 22.5 Å². The predicted molar refractivity (Wildman–Crippen MR) is 136 cm³/mol. The molecule has 0 atom stereocenters. The van der Waals surface area contributed by atoms with Gasteiger partial charge in [-0.2, -0.15) is 13.2 Å². The summed E-state index contributed by atoms with van der Waals surface area (Å²) in [5, 5.41) is 6.64. The second-order valence-corrected chi connectivity index (χ2v) is 9.04. The third kappa shape index (κ3) is 5.60. The first-order chi connectivity index (χ1) is 17.5. The van der Waals surface area contributed by atoms with E-state index in [-0.39, 0.29) is 0 Å². The minimum Gasteiger partial charge on any atom is -0.358 e. The lowest BCUT2D eigenvalue weighted by Crippen LogP contribution is -2.26. The predicted octanol–water partition coefficient (Wildman–Crippen LogP) is 6.28. The molecule has 186 valence electrons. The first-order valence-corrected chi connectivity index (χ1v) is 12.2. The molecule has 0 amide bonds. The Bertz CT molecular complexity index is 1290. The van der Waals surface area contributed by atoms with Crippen LogP contribution >= 0.6 is 0 Å². The molecule has 8 heteroatoms. The Labute approximate surface area is 208 Å². The van der Waals surface area contributed by atoms with Crippen LogP contribution in [-0.2, 0) is 12.6 Å². The normalized spacial score (nSPS) is 14.6. The summed E-state index contributed by atoms with van der Waals surface area (Å²) >= 11 is 0. The number of nitrogens with zero attached hydrogens (tertiary/aromatic N) is 2. The molecular weight excluding hydrogens is 463 g/mol. The molecule has 0 bridgehead atoms. The average Bonchev–Trinajstić information content (AvgIpc) is 3.35. The summed E-state index contributed by atoms with van der Waals surface area (Å²) < 4.78 is 40.4. The van der Waals surface area contributed by atoms with Gasteiger partial charge in [0.2, 0.25) is 5.95 Å². The van der Waals surface area contributed by atoms with Crippen molar-refractivity contribution >= 4 is 5.95 Å². The van der Waals surface area contributed by atoms with Crippen molar-refractivity contribution in [2.45, 2.75) is 31.4 Å². The molecule has 3 heterocycles. The third-order valence-electron chi connectivity index (χ3n) is 6.57. The van der Waals surface area contributed by atoms with Gasteiger partial charge in [0.15, 0.2) is 0 Å². The van der Waals surface area contributed by atoms with Crippen molar-refractivity contribution in [3.63, 3.8) is 0 Å². The zero-order valence-electron chi connectivity index (χ0n) is 19.8. The molecule has 0 spiro atoms. The van der Waals surface area contributed by atoms with Gasteiger partial charge in [-0.25, -0.2) is 9.97 Å². The largest absolute Gasteiger partial charge is 0.416 e. The smallest absolute Gasteiger partial charge is 0.358 e. The fourth-order valence-electron chi connectivity index (χ4n) is 4.67. The molecule has 2 aromatic heterocycles. The van der Waals surface area contributed by atoms with Gasteiger partial charge < -0.3 is 15.6 Å². The molecule has 0 unspecified atom stereocenters. The Morgan fingerprint density at radius 2 is 1.75 bits per heavy atom. The minimum atomic E-state index is -4.41. The second-order valence-electron chi connectivity index (χ2n) is 9.04. The molecule has 0 radical (unpaired) electrons. The van der Waals surface area contributed by atoms with Crippen LogP contribution in [0, 0.1) is 0 Å². The van der Waals surface area contributed by atoms with Crippen molar-refractivity contribution in [2.75, 3.05) is 25.0 Å². The van der Waals surface area contributed by atoms with Gasteiger partial charge in [-0.15, -0.1) is 0 Å². The summed E-state index contributed by atoms with van der Waals surface area (Å²) in [6, 6.07) is 19.4. The van der Waals surface area contributed by atoms with E-state index < -0.39 is 11.7 Å². The number of alkyl halides is 3. The molecule has 1 aliphatic heterocycles. The van der Waals surface area contributed by atoms with E-state index in [1.165, 1.54) is 17.7 Å². The first-order valence-electron chi connectivity index (χ1n) is 12.2. The molecule has 0 saturated carbocycles. The van der Waals surface area contributed by atoms with Crippen molar-refractivity contribution in [1.29, 1.82) is 0 Å². The van der Waals surface area contributed by atoms with Gasteiger partial charge in [-0.05, 0) is 67.7 Å². The lowest BCUT2D eigenvalue weighted by Gasteiger charge is -2.21. The van der Waals surface area contributed by atoms with Crippen LogP contribution in [0.5, 0.6) is 0 Å². The number of benzene rings is 2. The van der Waals surface area contributed by atoms with Crippen molar-refractivity contribution in [1.82, 2.24) is 20.3 Å². The topological polar surface area (TPSA) is 65.6 Å². The number of piperidine rings is 1. The van der Waals surface area contributed by atoms with Crippen LogP contribution in [0.2, 0.25) is 0 Å². The zero-order valence-corrected chi connectivity index (χ0v) is 19.8. The van der Waals surface area contributed by atoms with E-state index in [1.54, 1.807) is 18.3 Å². The highest BCUT2D eigenvalue weighted by Gasteiger charge is 2.31. The van der Waals surface area contributed by atoms with E-state index in [0.717, 1.165) is 49.7 Å². The van der Waals surface area contributed by atoms with Crippen LogP contribution in [0.4, 0.5) is 19.1 Å². The van der Waals surface area contributed by atoms with Gasteiger partial charge in [0.05, 0.1) is 17.0 Å². The maximum Gasteiger partial charge on any atom is 0.416 e. The van der Waals surface area contributed by atoms with Gasteiger partial charge in [0.1, 0.15) is 0 Å². The molecule has 1 aliphatic rings. The lowest BCUT2D eigenvalue weighted by atomic mass is 9.94. The molecule has 5 nitrogen and oxygen atoms in total. The average molecular weight is 492 g/mol. The Kier molecular flexibility index (Phi) is 7.04. The summed E-state index contributed by atoms with van der Waals surface area (Å²) in [5.41, 5.74) is 4.13. The van der Waals surface area contributed by atoms with E-state index in [4.69, 9.17) is 4.98 Å². The van der Waals surface area contributed by atoms with Gasteiger partial charge in [0.25, 0.3) is 0 Å². The number of rotatable bonds is 7. The molecular formula is C28H28F3N5. The quantitative estimate of drug-likeness (QED) is 0.285. The monoisotopic (exact) mass is 491 g/mol. The van der Waals surface area contributed by atoms with Gasteiger partial charge >= 0.3 is 6.18 Å². The SMILES string of the molecule is FC(F)(F)c1cccc(-c2[nH]c(C3CCNCC3)cc2-c2ccnc(NCCc3ccccc3)n2)c1. The van der Waals surface area contributed by atoms with Gasteiger partial charge in [0, 0.05) is 29.9 Å². The number of aromatic nitrogens is 3. The van der Waals surface area contributed by atoms with Crippen molar-refractivity contribution in [3.05, 3.63) is 89.7 Å². The molecule has 36 heavy (non-hydrogen) atoms. The number of anilines is 1. The van der Waals surface area contributed by atoms with Crippen molar-refractivity contribution in [2.24, 2.45) is 0 Å². The molecule has 4 aromatic rings. The third-order valence-corrected chi connectivity index (χ3v) is 6.57. The summed E-state index contributed by atoms with van der Waals surface area (Å²) in [4.78, 5) is 12.5. The van der Waals surface area contributed by atoms with Crippen molar-refractivity contribution < 1.29 is 13.2 Å². The second kappa shape index (κ2) is 10.5. The van der Waals surface area contributed by atoms with Gasteiger partial charge in [-0.3, -0.25) is 0 Å². The standard InChI is InChI=1S/C28H28F3N5/c29-28(30,31)22-8-4-7-21(17-22)26-23(18-25(35-26)20-10-13-32-14-11-20)24-12-16-34-27(36-24)33-15-9-19-5-2-1-3-6-19/h1-8,12,16-18,20,32,35H,9-11,13-15H2,(H,33,34,36). The highest BCUT2D eigenvalue weighted by molar-refractivity contribution is 5.81. The summed E-state index contributed by atoms with van der Waals surface area (Å²) in [6.45, 7) is 2.50. The Balaban J connectivity index is 1.47. The Morgan fingerprint density at radius 3 is 2.53 bits per heavy atom. The summed E-state index contributed by atoms with van der Waals surface area (Å²) in [7, 11) is 0. The molecule has 0 aliphatic carbocycles. The fraction of sp³-hybridized carbons (Fsp3) is 0.286. The number of hydrogen-bond donors (Lipinski definition) is 3. The van der Waals surface area contributed by atoms with Crippen LogP contribution in [0.15, 0.2) is 72.9 Å².